The van der Waals surface area contributed by atoms with E-state index in [-0.39, 0.29) is 18.1 Å². The molecule has 2 aliphatic rings. The summed E-state index contributed by atoms with van der Waals surface area (Å²) in [6.45, 7) is 2.50. The summed E-state index contributed by atoms with van der Waals surface area (Å²) in [4.78, 5) is 26.9. The van der Waals surface area contributed by atoms with Crippen LogP contribution in [-0.4, -0.2) is 52.0 Å². The standard InChI is InChI=1S/C17H21N3O4/c1-18-13-4-2-3-5-14(13)20(16(18)22)12-15(21)19-8-6-17(7-9-19)23-10-11-24-17/h2-5H,6-12H2,1H3. The summed E-state index contributed by atoms with van der Waals surface area (Å²) in [6.07, 6.45) is 1.37. The third-order valence-corrected chi connectivity index (χ3v) is 5.04. The van der Waals surface area contributed by atoms with Gasteiger partial charge in [-0.2, -0.15) is 0 Å². The van der Waals surface area contributed by atoms with Crippen LogP contribution in [0.25, 0.3) is 11.0 Å². The average Bonchev–Trinajstić information content (AvgIpc) is 3.15. The van der Waals surface area contributed by atoms with Gasteiger partial charge in [-0.15, -0.1) is 0 Å². The van der Waals surface area contributed by atoms with Crippen LogP contribution in [0.4, 0.5) is 0 Å². The summed E-state index contributed by atoms with van der Waals surface area (Å²) >= 11 is 0. The van der Waals surface area contributed by atoms with Crippen molar-refractivity contribution in [2.75, 3.05) is 26.3 Å². The highest BCUT2D eigenvalue weighted by molar-refractivity contribution is 5.81. The molecular formula is C17H21N3O4. The molecule has 2 fully saturated rings. The van der Waals surface area contributed by atoms with Crippen LogP contribution in [0.3, 0.4) is 0 Å². The number of fused-ring (bicyclic) bond motifs is 1. The number of imidazole rings is 1. The molecular weight excluding hydrogens is 310 g/mol. The second kappa shape index (κ2) is 5.75. The van der Waals surface area contributed by atoms with Gasteiger partial charge in [0.05, 0.1) is 24.2 Å². The molecule has 2 aromatic rings. The first-order chi connectivity index (χ1) is 11.6. The van der Waals surface area contributed by atoms with Crippen LogP contribution in [0.1, 0.15) is 12.8 Å². The lowest BCUT2D eigenvalue weighted by atomic mass is 10.0. The molecule has 0 aliphatic carbocycles. The fourth-order valence-corrected chi connectivity index (χ4v) is 3.63. The summed E-state index contributed by atoms with van der Waals surface area (Å²) in [7, 11) is 1.73. The number of carbonyl (C=O) groups excluding carboxylic acids is 1. The molecule has 7 heteroatoms. The van der Waals surface area contributed by atoms with Gasteiger partial charge < -0.3 is 14.4 Å². The molecule has 128 valence electrons. The number of ether oxygens (including phenoxy) is 2. The second-order valence-corrected chi connectivity index (χ2v) is 6.40. The fraction of sp³-hybridized carbons (Fsp3) is 0.529. The zero-order chi connectivity index (χ0) is 16.7. The van der Waals surface area contributed by atoms with Crippen LogP contribution in [0, 0.1) is 0 Å². The number of aromatic nitrogens is 2. The van der Waals surface area contributed by atoms with Crippen LogP contribution >= 0.6 is 0 Å². The highest BCUT2D eigenvalue weighted by atomic mass is 16.7. The van der Waals surface area contributed by atoms with E-state index >= 15 is 0 Å². The largest absolute Gasteiger partial charge is 0.347 e. The lowest BCUT2D eigenvalue weighted by Gasteiger charge is -2.37. The van der Waals surface area contributed by atoms with E-state index in [1.54, 1.807) is 21.1 Å². The monoisotopic (exact) mass is 331 g/mol. The second-order valence-electron chi connectivity index (χ2n) is 6.40. The maximum absolute atomic E-state index is 12.7. The van der Waals surface area contributed by atoms with Crippen molar-refractivity contribution in [1.82, 2.24) is 14.0 Å². The molecule has 0 N–H and O–H groups in total. The highest BCUT2D eigenvalue weighted by Gasteiger charge is 2.40. The average molecular weight is 331 g/mol. The molecule has 0 bridgehead atoms. The van der Waals surface area contributed by atoms with E-state index in [0.717, 1.165) is 11.0 Å². The van der Waals surface area contributed by atoms with E-state index in [0.29, 0.717) is 39.1 Å². The molecule has 2 saturated heterocycles. The Labute approximate surface area is 139 Å². The normalized spacial score (nSPS) is 20.1. The number of carbonyl (C=O) groups is 1. The van der Waals surface area contributed by atoms with E-state index in [1.807, 2.05) is 24.3 Å². The zero-order valence-corrected chi connectivity index (χ0v) is 13.7. The molecule has 0 unspecified atom stereocenters. The van der Waals surface area contributed by atoms with E-state index in [4.69, 9.17) is 9.47 Å². The molecule has 1 amide bonds. The molecule has 1 spiro atoms. The lowest BCUT2D eigenvalue weighted by Crippen LogP contribution is -2.48. The van der Waals surface area contributed by atoms with Crippen molar-refractivity contribution in [2.45, 2.75) is 25.2 Å². The highest BCUT2D eigenvalue weighted by Crippen LogP contribution is 2.31. The summed E-state index contributed by atoms with van der Waals surface area (Å²) in [5, 5.41) is 0. The van der Waals surface area contributed by atoms with Crippen LogP contribution in [0.2, 0.25) is 0 Å². The van der Waals surface area contributed by atoms with Crippen LogP contribution < -0.4 is 5.69 Å². The summed E-state index contributed by atoms with van der Waals surface area (Å²) < 4.78 is 14.5. The molecule has 1 aromatic heterocycles. The minimum absolute atomic E-state index is 0.0405. The van der Waals surface area contributed by atoms with Gasteiger partial charge >= 0.3 is 5.69 Å². The lowest BCUT2D eigenvalue weighted by molar-refractivity contribution is -0.187. The first-order valence-electron chi connectivity index (χ1n) is 8.30. The minimum Gasteiger partial charge on any atom is -0.347 e. The number of aryl methyl sites for hydroxylation is 1. The molecule has 24 heavy (non-hydrogen) atoms. The third kappa shape index (κ3) is 2.44. The van der Waals surface area contributed by atoms with E-state index in [9.17, 15) is 9.59 Å². The molecule has 7 nitrogen and oxygen atoms in total. The number of rotatable bonds is 2. The quantitative estimate of drug-likeness (QED) is 0.813. The fourth-order valence-electron chi connectivity index (χ4n) is 3.63. The smallest absolute Gasteiger partial charge is 0.329 e. The Hall–Kier alpha value is -2.12. The summed E-state index contributed by atoms with van der Waals surface area (Å²) in [6, 6.07) is 7.52. The Balaban J connectivity index is 1.51. The molecule has 1 aromatic carbocycles. The SMILES string of the molecule is Cn1c(=O)n(CC(=O)N2CCC3(CC2)OCCO3)c2ccccc21. The number of benzene rings is 1. The number of likely N-dealkylation sites (tertiary alicyclic amines) is 1. The van der Waals surface area contributed by atoms with Gasteiger partial charge in [0.1, 0.15) is 6.54 Å². The predicted octanol–water partition coefficient (Wildman–Crippen LogP) is 0.706. The van der Waals surface area contributed by atoms with Gasteiger partial charge in [-0.1, -0.05) is 12.1 Å². The Morgan fingerprint density at radius 3 is 2.42 bits per heavy atom. The van der Waals surface area contributed by atoms with Crippen molar-refractivity contribution in [2.24, 2.45) is 7.05 Å². The third-order valence-electron chi connectivity index (χ3n) is 5.04. The summed E-state index contributed by atoms with van der Waals surface area (Å²) in [5.74, 6) is -0.533. The van der Waals surface area contributed by atoms with Crippen LogP contribution in [0.5, 0.6) is 0 Å². The van der Waals surface area contributed by atoms with Crippen molar-refractivity contribution < 1.29 is 14.3 Å². The van der Waals surface area contributed by atoms with Crippen molar-refractivity contribution in [3.8, 4) is 0 Å². The first-order valence-corrected chi connectivity index (χ1v) is 8.30. The first kappa shape index (κ1) is 15.4. The van der Waals surface area contributed by atoms with E-state index in [2.05, 4.69) is 0 Å². The Morgan fingerprint density at radius 2 is 1.75 bits per heavy atom. The van der Waals surface area contributed by atoms with Gasteiger partial charge in [0.25, 0.3) is 0 Å². The van der Waals surface area contributed by atoms with E-state index < -0.39 is 5.79 Å². The molecule has 3 heterocycles. The van der Waals surface area contributed by atoms with Crippen molar-refractivity contribution in [1.29, 1.82) is 0 Å². The molecule has 0 saturated carbocycles. The zero-order valence-electron chi connectivity index (χ0n) is 13.7. The number of hydrogen-bond acceptors (Lipinski definition) is 4. The topological polar surface area (TPSA) is 65.7 Å². The summed E-state index contributed by atoms with van der Waals surface area (Å²) in [5.41, 5.74) is 1.45. The molecule has 4 rings (SSSR count). The Kier molecular flexibility index (Phi) is 3.69. The Bertz CT molecular complexity index is 822. The van der Waals surface area contributed by atoms with E-state index in [1.165, 1.54) is 0 Å². The van der Waals surface area contributed by atoms with Gasteiger partial charge in [-0.05, 0) is 12.1 Å². The van der Waals surface area contributed by atoms with Crippen molar-refractivity contribution in [3.63, 3.8) is 0 Å². The predicted molar refractivity (Wildman–Crippen MR) is 87.6 cm³/mol. The molecule has 0 radical (unpaired) electrons. The number of amides is 1. The van der Waals surface area contributed by atoms with Gasteiger partial charge in [0.15, 0.2) is 5.79 Å². The number of piperidine rings is 1. The maximum Gasteiger partial charge on any atom is 0.329 e. The van der Waals surface area contributed by atoms with Gasteiger partial charge in [0.2, 0.25) is 5.91 Å². The number of para-hydroxylation sites is 2. The van der Waals surface area contributed by atoms with Gasteiger partial charge in [0, 0.05) is 33.0 Å². The van der Waals surface area contributed by atoms with Crippen molar-refractivity contribution >= 4 is 16.9 Å². The van der Waals surface area contributed by atoms with Crippen molar-refractivity contribution in [3.05, 3.63) is 34.7 Å². The Morgan fingerprint density at radius 1 is 1.12 bits per heavy atom. The molecule has 0 atom stereocenters. The van der Waals surface area contributed by atoms with Gasteiger partial charge in [-0.3, -0.25) is 13.9 Å². The molecule has 2 aliphatic heterocycles. The van der Waals surface area contributed by atoms with Gasteiger partial charge in [-0.25, -0.2) is 4.79 Å². The maximum atomic E-state index is 12.7. The van der Waals surface area contributed by atoms with Crippen LogP contribution in [-0.2, 0) is 27.9 Å². The number of hydrogen-bond donors (Lipinski definition) is 0. The number of nitrogens with zero attached hydrogens (tertiary/aromatic N) is 3. The van der Waals surface area contributed by atoms with Crippen LogP contribution in [0.15, 0.2) is 29.1 Å². The minimum atomic E-state index is -0.493.